The van der Waals surface area contributed by atoms with Gasteiger partial charge in [-0.25, -0.2) is 0 Å². The van der Waals surface area contributed by atoms with Crippen molar-refractivity contribution in [2.24, 2.45) is 23.7 Å². The van der Waals surface area contributed by atoms with E-state index in [1.165, 1.54) is 0 Å². The molecule has 7 atom stereocenters. The van der Waals surface area contributed by atoms with Crippen molar-refractivity contribution in [1.82, 2.24) is 0 Å². The molecular weight excluding hydrogens is 320 g/mol. The normalized spacial score (nSPS) is 20.3. The lowest BCUT2D eigenvalue weighted by atomic mass is 9.80. The monoisotopic (exact) mass is 354 g/mol. The molecule has 0 aliphatic carbocycles. The molecule has 0 aromatic heterocycles. The van der Waals surface area contributed by atoms with Crippen LogP contribution in [0.15, 0.2) is 30.3 Å². The Kier molecular flexibility index (Phi) is 9.61. The highest BCUT2D eigenvalue weighted by Gasteiger charge is 2.34. The van der Waals surface area contributed by atoms with Crippen LogP contribution in [0.4, 0.5) is 0 Å². The zero-order valence-electron chi connectivity index (χ0n) is 15.7. The second-order valence-electron chi connectivity index (χ2n) is 7.33. The number of aliphatic hydroxyl groups excluding tert-OH is 4. The van der Waals surface area contributed by atoms with Gasteiger partial charge in [0.1, 0.15) is 0 Å². The predicted molar refractivity (Wildman–Crippen MR) is 97.9 cm³/mol. The number of rotatable bonds is 11. The van der Waals surface area contributed by atoms with Crippen molar-refractivity contribution in [2.75, 3.05) is 13.2 Å². The third-order valence-corrected chi connectivity index (χ3v) is 5.10. The first kappa shape index (κ1) is 22.1. The van der Waals surface area contributed by atoms with Crippen LogP contribution in [-0.4, -0.2) is 52.0 Å². The largest absolute Gasteiger partial charge is 0.396 e. The summed E-state index contributed by atoms with van der Waals surface area (Å²) in [6, 6.07) is 9.83. The molecule has 0 bridgehead atoms. The van der Waals surface area contributed by atoms with Crippen LogP contribution in [0.3, 0.4) is 0 Å². The quantitative estimate of drug-likeness (QED) is 0.487. The molecule has 0 saturated carbocycles. The summed E-state index contributed by atoms with van der Waals surface area (Å²) in [5.74, 6) is -1.32. The van der Waals surface area contributed by atoms with Crippen LogP contribution in [0.5, 0.6) is 0 Å². The molecule has 5 nitrogen and oxygen atoms in total. The molecule has 25 heavy (non-hydrogen) atoms. The van der Waals surface area contributed by atoms with Gasteiger partial charge in [0.2, 0.25) is 0 Å². The minimum absolute atomic E-state index is 0.140. The Hall–Kier alpha value is -0.980. The SMILES string of the molecule is C[C@H]([C@@H](O)[C@@H](C)[C@H](O)[C@H](C)COCc1ccccc1)[C@@H](O)[C@H](C)CO. The highest BCUT2D eigenvalue weighted by Crippen LogP contribution is 2.26. The van der Waals surface area contributed by atoms with Crippen LogP contribution in [0, 0.1) is 23.7 Å². The van der Waals surface area contributed by atoms with Crippen molar-refractivity contribution in [3.63, 3.8) is 0 Å². The molecule has 1 aromatic rings. The summed E-state index contributed by atoms with van der Waals surface area (Å²) >= 11 is 0. The van der Waals surface area contributed by atoms with Gasteiger partial charge in [0.05, 0.1) is 31.5 Å². The third-order valence-electron chi connectivity index (χ3n) is 5.10. The second-order valence-corrected chi connectivity index (χ2v) is 7.33. The summed E-state index contributed by atoms with van der Waals surface area (Å²) in [5, 5.41) is 40.3. The van der Waals surface area contributed by atoms with E-state index in [-0.39, 0.29) is 18.4 Å². The van der Waals surface area contributed by atoms with Crippen LogP contribution < -0.4 is 0 Å². The van der Waals surface area contributed by atoms with Gasteiger partial charge in [-0.2, -0.15) is 0 Å². The maximum Gasteiger partial charge on any atom is 0.0717 e. The average Bonchev–Trinajstić information content (AvgIpc) is 2.64. The highest BCUT2D eigenvalue weighted by molar-refractivity contribution is 5.13. The van der Waals surface area contributed by atoms with E-state index < -0.39 is 30.1 Å². The Balaban J connectivity index is 2.48. The van der Waals surface area contributed by atoms with Crippen molar-refractivity contribution < 1.29 is 25.2 Å². The Morgan fingerprint density at radius 2 is 1.32 bits per heavy atom. The Morgan fingerprint density at radius 3 is 1.84 bits per heavy atom. The number of ether oxygens (including phenoxy) is 1. The Labute approximate surface area is 151 Å². The van der Waals surface area contributed by atoms with Crippen LogP contribution in [0.1, 0.15) is 33.3 Å². The molecule has 1 rings (SSSR count). The summed E-state index contributed by atoms with van der Waals surface area (Å²) in [7, 11) is 0. The van der Waals surface area contributed by atoms with E-state index in [9.17, 15) is 15.3 Å². The average molecular weight is 354 g/mol. The summed E-state index contributed by atoms with van der Waals surface area (Å²) in [6.07, 6.45) is -2.43. The fraction of sp³-hybridized carbons (Fsp3) is 0.700. The smallest absolute Gasteiger partial charge is 0.0717 e. The van der Waals surface area contributed by atoms with Gasteiger partial charge in [-0.3, -0.25) is 0 Å². The molecule has 0 fully saturated rings. The standard InChI is InChI=1S/C20H34O5/c1-13(10-21)18(22)15(3)20(24)16(4)19(23)14(2)11-25-12-17-8-6-5-7-9-17/h5-9,13-16,18-24H,10-12H2,1-4H3/t13-,14-,15+,16+,18+,19-,20-/m1/s1. The van der Waals surface area contributed by atoms with E-state index in [2.05, 4.69) is 0 Å². The molecule has 1 aromatic carbocycles. The van der Waals surface area contributed by atoms with Crippen LogP contribution >= 0.6 is 0 Å². The highest BCUT2D eigenvalue weighted by atomic mass is 16.5. The first-order chi connectivity index (χ1) is 11.8. The molecule has 144 valence electrons. The topological polar surface area (TPSA) is 90.2 Å². The molecule has 0 aliphatic heterocycles. The molecule has 0 unspecified atom stereocenters. The fourth-order valence-corrected chi connectivity index (χ4v) is 3.06. The molecule has 4 N–H and O–H groups in total. The van der Waals surface area contributed by atoms with Crippen LogP contribution in [0.2, 0.25) is 0 Å². The van der Waals surface area contributed by atoms with Gasteiger partial charge in [-0.05, 0) is 5.56 Å². The number of hydrogen-bond acceptors (Lipinski definition) is 5. The summed E-state index contributed by atoms with van der Waals surface area (Å²) in [6.45, 7) is 7.86. The molecule has 0 saturated heterocycles. The van der Waals surface area contributed by atoms with Crippen LogP contribution in [0.25, 0.3) is 0 Å². The van der Waals surface area contributed by atoms with E-state index in [0.29, 0.717) is 13.2 Å². The molecule has 0 amide bonds. The first-order valence-corrected chi connectivity index (χ1v) is 9.06. The maximum absolute atomic E-state index is 10.5. The molecule has 0 aliphatic rings. The lowest BCUT2D eigenvalue weighted by Gasteiger charge is -2.34. The predicted octanol–water partition coefficient (Wildman–Crippen LogP) is 1.82. The van der Waals surface area contributed by atoms with Gasteiger partial charge in [-0.1, -0.05) is 58.0 Å². The van der Waals surface area contributed by atoms with Gasteiger partial charge in [0.15, 0.2) is 0 Å². The lowest BCUT2D eigenvalue weighted by molar-refractivity contribution is -0.0815. The molecule has 5 heteroatoms. The fourth-order valence-electron chi connectivity index (χ4n) is 3.06. The van der Waals surface area contributed by atoms with Crippen molar-refractivity contribution >= 4 is 0 Å². The lowest BCUT2D eigenvalue weighted by Crippen LogP contribution is -2.44. The van der Waals surface area contributed by atoms with Crippen molar-refractivity contribution in [2.45, 2.75) is 52.6 Å². The second kappa shape index (κ2) is 10.9. The Bertz CT molecular complexity index is 466. The third kappa shape index (κ3) is 6.68. The molecule has 0 radical (unpaired) electrons. The van der Waals surface area contributed by atoms with Gasteiger partial charge in [-0.15, -0.1) is 0 Å². The van der Waals surface area contributed by atoms with E-state index in [0.717, 1.165) is 5.56 Å². The van der Waals surface area contributed by atoms with Crippen molar-refractivity contribution in [3.05, 3.63) is 35.9 Å². The van der Waals surface area contributed by atoms with E-state index in [4.69, 9.17) is 9.84 Å². The maximum atomic E-state index is 10.5. The molecular formula is C20H34O5. The summed E-state index contributed by atoms with van der Waals surface area (Å²) in [5.41, 5.74) is 1.08. The minimum atomic E-state index is -0.865. The van der Waals surface area contributed by atoms with Gasteiger partial charge in [0.25, 0.3) is 0 Å². The summed E-state index contributed by atoms with van der Waals surface area (Å²) < 4.78 is 5.67. The molecule has 0 spiro atoms. The number of hydrogen-bond donors (Lipinski definition) is 4. The minimum Gasteiger partial charge on any atom is -0.396 e. The number of aliphatic hydroxyl groups is 4. The van der Waals surface area contributed by atoms with Gasteiger partial charge >= 0.3 is 0 Å². The van der Waals surface area contributed by atoms with Gasteiger partial charge in [0, 0.05) is 30.3 Å². The van der Waals surface area contributed by atoms with Crippen molar-refractivity contribution in [1.29, 1.82) is 0 Å². The van der Waals surface area contributed by atoms with Crippen molar-refractivity contribution in [3.8, 4) is 0 Å². The Morgan fingerprint density at radius 1 is 0.800 bits per heavy atom. The summed E-state index contributed by atoms with van der Waals surface area (Å²) in [4.78, 5) is 0. The van der Waals surface area contributed by atoms with E-state index in [1.807, 2.05) is 37.3 Å². The van der Waals surface area contributed by atoms with Gasteiger partial charge < -0.3 is 25.2 Å². The first-order valence-electron chi connectivity index (χ1n) is 9.06. The zero-order chi connectivity index (χ0) is 19.0. The zero-order valence-corrected chi connectivity index (χ0v) is 15.7. The molecule has 0 heterocycles. The van der Waals surface area contributed by atoms with Crippen LogP contribution in [-0.2, 0) is 11.3 Å². The van der Waals surface area contributed by atoms with E-state index >= 15 is 0 Å². The number of benzene rings is 1. The van der Waals surface area contributed by atoms with E-state index in [1.54, 1.807) is 20.8 Å².